The van der Waals surface area contributed by atoms with E-state index in [1.807, 2.05) is 0 Å². The van der Waals surface area contributed by atoms with Gasteiger partial charge in [-0.2, -0.15) is 0 Å². The first-order valence-electron chi connectivity index (χ1n) is 4.42. The van der Waals surface area contributed by atoms with Gasteiger partial charge in [0.15, 0.2) is 0 Å². The molecule has 1 aromatic heterocycles. The number of hydrogen-bond donors (Lipinski definition) is 2. The fourth-order valence-electron chi connectivity index (χ4n) is 1.12. The van der Waals surface area contributed by atoms with Gasteiger partial charge < -0.3 is 16.0 Å². The topological polar surface area (TPSA) is 134 Å². The molecule has 1 rings (SSSR count). The van der Waals surface area contributed by atoms with Gasteiger partial charge in [-0.1, -0.05) is 0 Å². The van der Waals surface area contributed by atoms with Crippen LogP contribution in [0, 0.1) is 10.1 Å². The lowest BCUT2D eigenvalue weighted by Crippen LogP contribution is -2.42. The molecule has 0 aliphatic rings. The molecule has 92 valence electrons. The lowest BCUT2D eigenvalue weighted by Gasteiger charge is -2.10. The number of pyridine rings is 1. The molecule has 0 bridgehead atoms. The largest absolute Gasteiger partial charge is 0.368 e. The van der Waals surface area contributed by atoms with Crippen molar-refractivity contribution in [3.63, 3.8) is 0 Å². The maximum Gasteiger partial charge on any atom is 0.286 e. The van der Waals surface area contributed by atoms with E-state index in [-0.39, 0.29) is 16.7 Å². The molecular weight excluding hydrogens is 296 g/mol. The highest BCUT2D eigenvalue weighted by atomic mass is 79.9. The minimum atomic E-state index is -1.08. The van der Waals surface area contributed by atoms with Crippen LogP contribution in [-0.2, 0) is 11.3 Å². The van der Waals surface area contributed by atoms with Crippen molar-refractivity contribution in [1.82, 2.24) is 4.57 Å². The molecule has 4 N–H and O–H groups in total. The zero-order valence-electron chi connectivity index (χ0n) is 8.50. The average Bonchev–Trinajstić information content (AvgIpc) is 2.23. The van der Waals surface area contributed by atoms with E-state index in [9.17, 15) is 19.7 Å². The van der Waals surface area contributed by atoms with E-state index in [1.165, 1.54) is 0 Å². The van der Waals surface area contributed by atoms with Gasteiger partial charge in [0.2, 0.25) is 5.91 Å². The number of aromatic nitrogens is 1. The number of nitrogens with zero attached hydrogens (tertiary/aromatic N) is 2. The van der Waals surface area contributed by atoms with Crippen molar-refractivity contribution >= 4 is 27.5 Å². The summed E-state index contributed by atoms with van der Waals surface area (Å²) in [5.74, 6) is -0.792. The Hall–Kier alpha value is -1.74. The van der Waals surface area contributed by atoms with E-state index in [0.29, 0.717) is 0 Å². The molecular formula is C8H9BrN4O4. The van der Waals surface area contributed by atoms with Crippen molar-refractivity contribution in [2.45, 2.75) is 12.6 Å². The molecule has 1 aromatic rings. The normalized spacial score (nSPS) is 12.1. The fourth-order valence-corrected chi connectivity index (χ4v) is 1.58. The van der Waals surface area contributed by atoms with Crippen molar-refractivity contribution in [2.75, 3.05) is 0 Å². The predicted molar refractivity (Wildman–Crippen MR) is 62.2 cm³/mol. The third kappa shape index (κ3) is 3.11. The standard InChI is InChI=1S/C8H9BrN4O4/c9-5-1-4(13(16)17)2-12(8(5)15)3-6(10)7(11)14/h1-2,6H,3,10H2,(H2,11,14). The van der Waals surface area contributed by atoms with Gasteiger partial charge in [0.05, 0.1) is 22.1 Å². The zero-order chi connectivity index (χ0) is 13.2. The van der Waals surface area contributed by atoms with Gasteiger partial charge in [-0.3, -0.25) is 19.7 Å². The van der Waals surface area contributed by atoms with Crippen LogP contribution < -0.4 is 17.0 Å². The molecule has 0 aromatic carbocycles. The highest BCUT2D eigenvalue weighted by Crippen LogP contribution is 2.14. The molecule has 0 aliphatic carbocycles. The second-order valence-corrected chi connectivity index (χ2v) is 4.12. The second kappa shape index (κ2) is 5.06. The van der Waals surface area contributed by atoms with Crippen molar-refractivity contribution in [2.24, 2.45) is 11.5 Å². The summed E-state index contributed by atoms with van der Waals surface area (Å²) >= 11 is 2.90. The maximum absolute atomic E-state index is 11.6. The van der Waals surface area contributed by atoms with Gasteiger partial charge in [0.1, 0.15) is 6.04 Å². The van der Waals surface area contributed by atoms with E-state index >= 15 is 0 Å². The van der Waals surface area contributed by atoms with Crippen LogP contribution >= 0.6 is 15.9 Å². The Balaban J connectivity index is 3.19. The fraction of sp³-hybridized carbons (Fsp3) is 0.250. The van der Waals surface area contributed by atoms with Gasteiger partial charge in [-0.25, -0.2) is 0 Å². The minimum absolute atomic E-state index is 0.0170. The average molecular weight is 305 g/mol. The Morgan fingerprint density at radius 1 is 1.65 bits per heavy atom. The number of nitro groups is 1. The summed E-state index contributed by atoms with van der Waals surface area (Å²) in [4.78, 5) is 32.3. The summed E-state index contributed by atoms with van der Waals surface area (Å²) in [5.41, 5.74) is 9.51. The number of amides is 1. The zero-order valence-corrected chi connectivity index (χ0v) is 10.1. The number of carbonyl (C=O) groups is 1. The lowest BCUT2D eigenvalue weighted by molar-refractivity contribution is -0.385. The number of halogens is 1. The van der Waals surface area contributed by atoms with Gasteiger partial charge in [0.25, 0.3) is 11.2 Å². The van der Waals surface area contributed by atoms with Gasteiger partial charge in [-0.05, 0) is 15.9 Å². The van der Waals surface area contributed by atoms with Crippen LogP contribution in [0.25, 0.3) is 0 Å². The van der Waals surface area contributed by atoms with Crippen LogP contribution in [-0.4, -0.2) is 21.4 Å². The van der Waals surface area contributed by atoms with E-state index in [4.69, 9.17) is 11.5 Å². The highest BCUT2D eigenvalue weighted by Gasteiger charge is 2.16. The van der Waals surface area contributed by atoms with Crippen LogP contribution in [0.1, 0.15) is 0 Å². The molecule has 1 atom stereocenters. The molecule has 1 amide bonds. The van der Waals surface area contributed by atoms with Crippen LogP contribution in [0.5, 0.6) is 0 Å². The van der Waals surface area contributed by atoms with Crippen LogP contribution in [0.15, 0.2) is 21.5 Å². The number of hydrogen-bond acceptors (Lipinski definition) is 5. The molecule has 9 heteroatoms. The molecule has 1 unspecified atom stereocenters. The van der Waals surface area contributed by atoms with E-state index < -0.39 is 22.4 Å². The van der Waals surface area contributed by atoms with Gasteiger partial charge >= 0.3 is 0 Å². The van der Waals surface area contributed by atoms with Gasteiger partial charge in [0, 0.05) is 6.07 Å². The Kier molecular flexibility index (Phi) is 3.97. The Labute approximate surface area is 103 Å². The highest BCUT2D eigenvalue weighted by molar-refractivity contribution is 9.10. The van der Waals surface area contributed by atoms with Crippen molar-refractivity contribution in [3.05, 3.63) is 37.2 Å². The Morgan fingerprint density at radius 3 is 2.71 bits per heavy atom. The first-order valence-corrected chi connectivity index (χ1v) is 5.21. The molecule has 8 nitrogen and oxygen atoms in total. The second-order valence-electron chi connectivity index (χ2n) is 3.27. The first-order chi connectivity index (χ1) is 7.82. The summed E-state index contributed by atoms with van der Waals surface area (Å²) in [6.45, 7) is -0.214. The van der Waals surface area contributed by atoms with Crippen molar-refractivity contribution < 1.29 is 9.72 Å². The number of carbonyl (C=O) groups excluding carboxylic acids is 1. The molecule has 0 spiro atoms. The number of nitrogens with two attached hydrogens (primary N) is 2. The smallest absolute Gasteiger partial charge is 0.286 e. The van der Waals surface area contributed by atoms with E-state index in [0.717, 1.165) is 16.8 Å². The number of rotatable bonds is 4. The van der Waals surface area contributed by atoms with Crippen LogP contribution in [0.3, 0.4) is 0 Å². The molecule has 0 fully saturated rings. The maximum atomic E-state index is 11.6. The Morgan fingerprint density at radius 2 is 2.24 bits per heavy atom. The monoisotopic (exact) mass is 304 g/mol. The molecule has 0 radical (unpaired) electrons. The Bertz CT molecular complexity index is 527. The predicted octanol–water partition coefficient (Wildman–Crippen LogP) is -0.668. The van der Waals surface area contributed by atoms with Crippen LogP contribution in [0.2, 0.25) is 0 Å². The summed E-state index contributed by atoms with van der Waals surface area (Å²) < 4.78 is 0.987. The quantitative estimate of drug-likeness (QED) is 0.562. The van der Waals surface area contributed by atoms with Crippen molar-refractivity contribution in [1.29, 1.82) is 0 Å². The molecule has 0 saturated heterocycles. The third-order valence-corrected chi connectivity index (χ3v) is 2.57. The molecule has 0 saturated carbocycles. The van der Waals surface area contributed by atoms with E-state index in [1.54, 1.807) is 0 Å². The summed E-state index contributed by atoms with van der Waals surface area (Å²) in [6, 6.07) is -0.00385. The molecule has 17 heavy (non-hydrogen) atoms. The molecule has 0 aliphatic heterocycles. The summed E-state index contributed by atoms with van der Waals surface area (Å²) in [6.07, 6.45) is 1.01. The summed E-state index contributed by atoms with van der Waals surface area (Å²) in [7, 11) is 0. The van der Waals surface area contributed by atoms with Gasteiger partial charge in [-0.15, -0.1) is 0 Å². The third-order valence-electron chi connectivity index (χ3n) is 2.00. The number of primary amides is 1. The van der Waals surface area contributed by atoms with E-state index in [2.05, 4.69) is 15.9 Å². The van der Waals surface area contributed by atoms with Crippen molar-refractivity contribution in [3.8, 4) is 0 Å². The first kappa shape index (κ1) is 13.3. The SMILES string of the molecule is NC(=O)C(N)Cn1cc([N+](=O)[O-])cc(Br)c1=O. The van der Waals surface area contributed by atoms with Crippen LogP contribution in [0.4, 0.5) is 5.69 Å². The minimum Gasteiger partial charge on any atom is -0.368 e. The summed E-state index contributed by atoms with van der Waals surface area (Å²) in [5, 5.41) is 10.6. The lowest BCUT2D eigenvalue weighted by atomic mass is 10.3. The molecule has 1 heterocycles.